The Balaban J connectivity index is 2.17. The molecule has 0 radical (unpaired) electrons. The second-order valence-electron chi connectivity index (χ2n) is 3.32. The molecule has 0 aliphatic heterocycles. The van der Waals surface area contributed by atoms with E-state index in [1.807, 2.05) is 6.92 Å². The van der Waals surface area contributed by atoms with E-state index in [1.54, 1.807) is 24.3 Å². The third-order valence-corrected chi connectivity index (χ3v) is 2.00. The van der Waals surface area contributed by atoms with E-state index >= 15 is 0 Å². The summed E-state index contributed by atoms with van der Waals surface area (Å²) in [7, 11) is 0. The number of nitrogens with one attached hydrogen (secondary N) is 1. The van der Waals surface area contributed by atoms with Crippen LogP contribution < -0.4 is 5.32 Å². The molecule has 5 heteroatoms. The minimum atomic E-state index is -0.335. The monoisotopic (exact) mass is 239 g/mol. The van der Waals surface area contributed by atoms with Gasteiger partial charge in [0.05, 0.1) is 6.61 Å². The van der Waals surface area contributed by atoms with Crippen molar-refractivity contribution < 1.29 is 19.4 Å². The van der Waals surface area contributed by atoms with E-state index in [9.17, 15) is 4.79 Å². The molecule has 0 atom stereocenters. The van der Waals surface area contributed by atoms with Gasteiger partial charge in [0.15, 0.2) is 0 Å². The van der Waals surface area contributed by atoms with Gasteiger partial charge in [-0.2, -0.15) is 0 Å². The lowest BCUT2D eigenvalue weighted by Crippen LogP contribution is -2.19. The maximum atomic E-state index is 11.3. The highest BCUT2D eigenvalue weighted by Gasteiger charge is 2.02. The molecule has 1 aromatic carbocycles. The Bertz CT molecular complexity index is 337. The highest BCUT2D eigenvalue weighted by Crippen LogP contribution is 2.13. The number of hydrogen-bond donors (Lipinski definition) is 2. The van der Waals surface area contributed by atoms with E-state index in [4.69, 9.17) is 14.6 Å². The lowest BCUT2D eigenvalue weighted by atomic mass is 10.3. The zero-order chi connectivity index (χ0) is 12.5. The van der Waals surface area contributed by atoms with Gasteiger partial charge in [-0.1, -0.05) is 0 Å². The molecule has 0 bridgehead atoms. The van der Waals surface area contributed by atoms with Crippen LogP contribution in [0.15, 0.2) is 24.3 Å². The molecule has 0 spiro atoms. The standard InChI is InChI=1S/C12H17NO4/c1-2-16-7-8-17-12(15)9-13-10-3-5-11(14)6-4-10/h3-6,13-14H,2,7-9H2,1H3. The first-order chi connectivity index (χ1) is 8.22. The van der Waals surface area contributed by atoms with Crippen molar-refractivity contribution in [3.63, 3.8) is 0 Å². The van der Waals surface area contributed by atoms with Gasteiger partial charge in [-0.25, -0.2) is 0 Å². The summed E-state index contributed by atoms with van der Waals surface area (Å²) in [5.74, 6) is -0.146. The normalized spacial score (nSPS) is 9.94. The number of aromatic hydroxyl groups is 1. The summed E-state index contributed by atoms with van der Waals surface area (Å²) in [6, 6.07) is 6.46. The first kappa shape index (κ1) is 13.3. The van der Waals surface area contributed by atoms with Gasteiger partial charge in [-0.3, -0.25) is 4.79 Å². The second kappa shape index (κ2) is 7.51. The topological polar surface area (TPSA) is 67.8 Å². The van der Waals surface area contributed by atoms with Crippen LogP contribution in [0, 0.1) is 0 Å². The quantitative estimate of drug-likeness (QED) is 0.427. The molecule has 94 valence electrons. The van der Waals surface area contributed by atoms with Crippen LogP contribution in [0.1, 0.15) is 6.92 Å². The molecule has 1 rings (SSSR count). The van der Waals surface area contributed by atoms with Crippen LogP contribution in [0.3, 0.4) is 0 Å². The van der Waals surface area contributed by atoms with E-state index in [0.717, 1.165) is 5.69 Å². The predicted octanol–water partition coefficient (Wildman–Crippen LogP) is 1.38. The van der Waals surface area contributed by atoms with Crippen molar-refractivity contribution in [2.24, 2.45) is 0 Å². The molecular weight excluding hydrogens is 222 g/mol. The van der Waals surface area contributed by atoms with Gasteiger partial charge in [0.25, 0.3) is 0 Å². The van der Waals surface area contributed by atoms with E-state index in [0.29, 0.717) is 13.2 Å². The van der Waals surface area contributed by atoms with Crippen molar-refractivity contribution in [1.29, 1.82) is 0 Å². The first-order valence-electron chi connectivity index (χ1n) is 5.48. The van der Waals surface area contributed by atoms with Crippen molar-refractivity contribution in [1.82, 2.24) is 0 Å². The molecule has 0 unspecified atom stereocenters. The molecule has 0 aliphatic carbocycles. The Kier molecular flexibility index (Phi) is 5.88. The number of anilines is 1. The molecule has 0 aliphatic rings. The van der Waals surface area contributed by atoms with Crippen LogP contribution in [-0.4, -0.2) is 37.4 Å². The average molecular weight is 239 g/mol. The van der Waals surface area contributed by atoms with Gasteiger partial charge in [0, 0.05) is 12.3 Å². The highest BCUT2D eigenvalue weighted by atomic mass is 16.6. The van der Waals surface area contributed by atoms with Crippen molar-refractivity contribution in [3.8, 4) is 5.75 Å². The summed E-state index contributed by atoms with van der Waals surface area (Å²) in [6.07, 6.45) is 0. The first-order valence-corrected chi connectivity index (χ1v) is 5.48. The summed E-state index contributed by atoms with van der Waals surface area (Å²) in [6.45, 7) is 3.28. The molecule has 0 saturated carbocycles. The third kappa shape index (κ3) is 5.77. The minimum absolute atomic E-state index is 0.0941. The van der Waals surface area contributed by atoms with Crippen molar-refractivity contribution in [3.05, 3.63) is 24.3 Å². The van der Waals surface area contributed by atoms with Crippen LogP contribution in [0.5, 0.6) is 5.75 Å². The van der Waals surface area contributed by atoms with Crippen LogP contribution in [0.2, 0.25) is 0 Å². The van der Waals surface area contributed by atoms with E-state index in [2.05, 4.69) is 5.32 Å². The second-order valence-corrected chi connectivity index (χ2v) is 3.32. The van der Waals surface area contributed by atoms with E-state index in [-0.39, 0.29) is 24.9 Å². The lowest BCUT2D eigenvalue weighted by Gasteiger charge is -2.07. The van der Waals surface area contributed by atoms with Gasteiger partial charge in [0.2, 0.25) is 0 Å². The SMILES string of the molecule is CCOCCOC(=O)CNc1ccc(O)cc1. The maximum absolute atomic E-state index is 11.3. The van der Waals surface area contributed by atoms with E-state index < -0.39 is 0 Å². The molecule has 2 N–H and O–H groups in total. The Labute approximate surface area is 100 Å². The Morgan fingerprint density at radius 2 is 2.00 bits per heavy atom. The number of phenols is 1. The van der Waals surface area contributed by atoms with Crippen molar-refractivity contribution in [2.45, 2.75) is 6.92 Å². The summed E-state index contributed by atoms with van der Waals surface area (Å²) in [5.41, 5.74) is 0.754. The fourth-order valence-electron chi connectivity index (χ4n) is 1.16. The van der Waals surface area contributed by atoms with E-state index in [1.165, 1.54) is 0 Å². The largest absolute Gasteiger partial charge is 0.508 e. The molecule has 0 amide bonds. The smallest absolute Gasteiger partial charge is 0.325 e. The zero-order valence-corrected chi connectivity index (χ0v) is 9.81. The van der Waals surface area contributed by atoms with Crippen LogP contribution in [0.25, 0.3) is 0 Å². The Morgan fingerprint density at radius 1 is 1.29 bits per heavy atom. The molecule has 0 saturated heterocycles. The molecular formula is C12H17NO4. The fourth-order valence-corrected chi connectivity index (χ4v) is 1.16. The Morgan fingerprint density at radius 3 is 2.65 bits per heavy atom. The van der Waals surface area contributed by atoms with Gasteiger partial charge in [0.1, 0.15) is 18.9 Å². The number of ether oxygens (including phenoxy) is 2. The van der Waals surface area contributed by atoms with Gasteiger partial charge >= 0.3 is 5.97 Å². The molecule has 5 nitrogen and oxygen atoms in total. The van der Waals surface area contributed by atoms with Crippen LogP contribution in [-0.2, 0) is 14.3 Å². The number of esters is 1. The molecule has 1 aromatic rings. The number of hydrogen-bond acceptors (Lipinski definition) is 5. The number of phenolic OH excluding ortho intramolecular Hbond substituents is 1. The lowest BCUT2D eigenvalue weighted by molar-refractivity contribution is -0.142. The van der Waals surface area contributed by atoms with Gasteiger partial charge in [-0.05, 0) is 31.2 Å². The van der Waals surface area contributed by atoms with Gasteiger partial charge < -0.3 is 19.9 Å². The van der Waals surface area contributed by atoms with Crippen LogP contribution >= 0.6 is 0 Å². The predicted molar refractivity (Wildman–Crippen MR) is 64.0 cm³/mol. The maximum Gasteiger partial charge on any atom is 0.325 e. The Hall–Kier alpha value is -1.75. The average Bonchev–Trinajstić information content (AvgIpc) is 2.34. The number of benzene rings is 1. The van der Waals surface area contributed by atoms with Crippen molar-refractivity contribution >= 4 is 11.7 Å². The number of carbonyl (C=O) groups is 1. The number of rotatable bonds is 7. The summed E-state index contributed by atoms with van der Waals surface area (Å²) < 4.78 is 9.95. The third-order valence-electron chi connectivity index (χ3n) is 2.00. The summed E-state index contributed by atoms with van der Waals surface area (Å²) in [5, 5.41) is 12.0. The van der Waals surface area contributed by atoms with Crippen molar-refractivity contribution in [2.75, 3.05) is 31.7 Å². The minimum Gasteiger partial charge on any atom is -0.508 e. The fraction of sp³-hybridized carbons (Fsp3) is 0.417. The summed E-state index contributed by atoms with van der Waals surface area (Å²) >= 11 is 0. The molecule has 0 fully saturated rings. The molecule has 17 heavy (non-hydrogen) atoms. The molecule has 0 aromatic heterocycles. The van der Waals surface area contributed by atoms with Gasteiger partial charge in [-0.15, -0.1) is 0 Å². The number of carbonyl (C=O) groups excluding carboxylic acids is 1. The molecule has 0 heterocycles. The summed E-state index contributed by atoms with van der Waals surface area (Å²) in [4.78, 5) is 11.3. The highest BCUT2D eigenvalue weighted by molar-refractivity contribution is 5.75. The van der Waals surface area contributed by atoms with Crippen LogP contribution in [0.4, 0.5) is 5.69 Å². The zero-order valence-electron chi connectivity index (χ0n) is 9.81.